The smallest absolute Gasteiger partial charge is 0.230 e. The third-order valence-electron chi connectivity index (χ3n) is 4.40. The molecule has 2 atom stereocenters. The van der Waals surface area contributed by atoms with E-state index in [1.807, 2.05) is 25.1 Å². The maximum absolute atomic E-state index is 6.28. The minimum absolute atomic E-state index is 0.193. The lowest BCUT2D eigenvalue weighted by atomic mass is 9.92. The highest BCUT2D eigenvalue weighted by Gasteiger charge is 2.27. The quantitative estimate of drug-likeness (QED) is 0.885. The first kappa shape index (κ1) is 16.0. The molecule has 5 nitrogen and oxygen atoms in total. The Hall–Kier alpha value is -1.88. The molecule has 1 saturated carbocycles. The van der Waals surface area contributed by atoms with Gasteiger partial charge in [-0.05, 0) is 37.8 Å². The van der Waals surface area contributed by atoms with Crippen LogP contribution in [0.2, 0.25) is 0 Å². The Bertz CT molecular complexity index is 626. The Labute approximate surface area is 137 Å². The zero-order valence-corrected chi connectivity index (χ0v) is 13.9. The van der Waals surface area contributed by atoms with Gasteiger partial charge in [-0.3, -0.25) is 0 Å². The lowest BCUT2D eigenvalue weighted by Gasteiger charge is -2.32. The molecule has 0 bridgehead atoms. The highest BCUT2D eigenvalue weighted by atomic mass is 16.5. The van der Waals surface area contributed by atoms with Crippen molar-refractivity contribution in [2.75, 3.05) is 0 Å². The minimum atomic E-state index is 0.193. The summed E-state index contributed by atoms with van der Waals surface area (Å²) in [5, 5.41) is 11.6. The number of nitrogens with zero attached hydrogens (tertiary/aromatic N) is 2. The predicted molar refractivity (Wildman–Crippen MR) is 88.4 cm³/mol. The fraction of sp³-hybridized carbons (Fsp3) is 0.556. The predicted octanol–water partition coefficient (Wildman–Crippen LogP) is 3.42. The van der Waals surface area contributed by atoms with Gasteiger partial charge in [-0.2, -0.15) is 0 Å². The highest BCUT2D eigenvalue weighted by Crippen LogP contribution is 2.26. The van der Waals surface area contributed by atoms with Crippen LogP contribution in [0.1, 0.15) is 50.0 Å². The van der Waals surface area contributed by atoms with Crippen molar-refractivity contribution in [1.29, 1.82) is 0 Å². The molecule has 1 fully saturated rings. The maximum atomic E-state index is 6.28. The normalized spacial score (nSPS) is 21.3. The van der Waals surface area contributed by atoms with Gasteiger partial charge in [0.2, 0.25) is 11.8 Å². The van der Waals surface area contributed by atoms with Gasteiger partial charge in [0.1, 0.15) is 11.9 Å². The second-order valence-corrected chi connectivity index (χ2v) is 6.14. The van der Waals surface area contributed by atoms with Crippen molar-refractivity contribution >= 4 is 0 Å². The van der Waals surface area contributed by atoms with Gasteiger partial charge in [0.05, 0.1) is 6.54 Å². The lowest BCUT2D eigenvalue weighted by molar-refractivity contribution is 0.111. The summed E-state index contributed by atoms with van der Waals surface area (Å²) in [6, 6.07) is 8.52. The van der Waals surface area contributed by atoms with Crippen LogP contribution >= 0.6 is 0 Å². The van der Waals surface area contributed by atoms with Crippen molar-refractivity contribution in [3.63, 3.8) is 0 Å². The fourth-order valence-corrected chi connectivity index (χ4v) is 3.04. The van der Waals surface area contributed by atoms with E-state index >= 15 is 0 Å². The van der Waals surface area contributed by atoms with Gasteiger partial charge in [-0.1, -0.05) is 31.5 Å². The summed E-state index contributed by atoms with van der Waals surface area (Å²) < 4.78 is 11.9. The van der Waals surface area contributed by atoms with Gasteiger partial charge in [-0.15, -0.1) is 10.2 Å². The van der Waals surface area contributed by atoms with Crippen molar-refractivity contribution in [1.82, 2.24) is 15.5 Å². The van der Waals surface area contributed by atoms with Crippen LogP contribution in [-0.4, -0.2) is 22.3 Å². The zero-order valence-electron chi connectivity index (χ0n) is 13.9. The maximum Gasteiger partial charge on any atom is 0.230 e. The summed E-state index contributed by atoms with van der Waals surface area (Å²) in [5.41, 5.74) is 1.18. The van der Waals surface area contributed by atoms with Crippen LogP contribution in [0.25, 0.3) is 0 Å². The number of hydrogen-bond donors (Lipinski definition) is 1. The molecule has 1 N–H and O–H groups in total. The molecule has 3 rings (SSSR count). The molecule has 5 heteroatoms. The molecule has 1 heterocycles. The van der Waals surface area contributed by atoms with E-state index in [2.05, 4.69) is 28.5 Å². The van der Waals surface area contributed by atoms with E-state index in [-0.39, 0.29) is 6.10 Å². The van der Waals surface area contributed by atoms with Crippen molar-refractivity contribution in [2.45, 2.75) is 64.6 Å². The third kappa shape index (κ3) is 4.10. The van der Waals surface area contributed by atoms with Crippen molar-refractivity contribution in [3.8, 4) is 5.75 Å². The zero-order chi connectivity index (χ0) is 16.1. The number of nitrogens with one attached hydrogen (secondary N) is 1. The average molecular weight is 315 g/mol. The number of aryl methyl sites for hydroxylation is 2. The van der Waals surface area contributed by atoms with Gasteiger partial charge >= 0.3 is 0 Å². The summed E-state index contributed by atoms with van der Waals surface area (Å²) in [5.74, 6) is 2.33. The summed E-state index contributed by atoms with van der Waals surface area (Å²) >= 11 is 0. The SMILES string of the molecule is CCc1nnc(CN[C@H]2CCCC[C@@H]2Oc2ccccc2C)o1. The van der Waals surface area contributed by atoms with Crippen LogP contribution in [0.15, 0.2) is 28.7 Å². The molecule has 1 aliphatic rings. The molecule has 1 aliphatic carbocycles. The number of ether oxygens (including phenoxy) is 1. The van der Waals surface area contributed by atoms with E-state index in [1.54, 1.807) is 0 Å². The number of para-hydroxylation sites is 1. The van der Waals surface area contributed by atoms with Crippen LogP contribution < -0.4 is 10.1 Å². The summed E-state index contributed by atoms with van der Waals surface area (Å²) in [4.78, 5) is 0. The number of aromatic nitrogens is 2. The van der Waals surface area contributed by atoms with E-state index in [0.717, 1.165) is 25.0 Å². The summed E-state index contributed by atoms with van der Waals surface area (Å²) in [6.07, 6.45) is 5.61. The van der Waals surface area contributed by atoms with E-state index in [1.165, 1.54) is 18.4 Å². The Balaban J connectivity index is 1.61. The van der Waals surface area contributed by atoms with Crippen LogP contribution in [-0.2, 0) is 13.0 Å². The number of hydrogen-bond acceptors (Lipinski definition) is 5. The fourth-order valence-electron chi connectivity index (χ4n) is 3.04. The lowest BCUT2D eigenvalue weighted by Crippen LogP contribution is -2.45. The molecule has 1 aromatic heterocycles. The minimum Gasteiger partial charge on any atom is -0.489 e. The number of rotatable bonds is 6. The van der Waals surface area contributed by atoms with Crippen LogP contribution in [0.3, 0.4) is 0 Å². The second-order valence-electron chi connectivity index (χ2n) is 6.14. The van der Waals surface area contributed by atoms with Crippen LogP contribution in [0, 0.1) is 6.92 Å². The van der Waals surface area contributed by atoms with Crippen molar-refractivity contribution in [3.05, 3.63) is 41.6 Å². The molecule has 124 valence electrons. The molecule has 0 saturated heterocycles. The molecule has 0 spiro atoms. The van der Waals surface area contributed by atoms with Gasteiger partial charge in [-0.25, -0.2) is 0 Å². The first-order valence-corrected chi connectivity index (χ1v) is 8.53. The highest BCUT2D eigenvalue weighted by molar-refractivity contribution is 5.32. The van der Waals surface area contributed by atoms with E-state index in [4.69, 9.17) is 9.15 Å². The average Bonchev–Trinajstić information content (AvgIpc) is 3.04. The molecule has 0 unspecified atom stereocenters. The topological polar surface area (TPSA) is 60.2 Å². The van der Waals surface area contributed by atoms with Crippen molar-refractivity contribution in [2.24, 2.45) is 0 Å². The third-order valence-corrected chi connectivity index (χ3v) is 4.40. The van der Waals surface area contributed by atoms with E-state index in [9.17, 15) is 0 Å². The Kier molecular flexibility index (Phi) is 5.28. The van der Waals surface area contributed by atoms with Crippen molar-refractivity contribution < 1.29 is 9.15 Å². The second kappa shape index (κ2) is 7.59. The summed E-state index contributed by atoms with van der Waals surface area (Å²) in [7, 11) is 0. The van der Waals surface area contributed by atoms with Crippen LogP contribution in [0.5, 0.6) is 5.75 Å². The van der Waals surface area contributed by atoms with E-state index < -0.39 is 0 Å². The summed E-state index contributed by atoms with van der Waals surface area (Å²) in [6.45, 7) is 4.70. The molecule has 23 heavy (non-hydrogen) atoms. The monoisotopic (exact) mass is 315 g/mol. The van der Waals surface area contributed by atoms with Gasteiger partial charge in [0.25, 0.3) is 0 Å². The number of benzene rings is 1. The molecular formula is C18H25N3O2. The first-order chi connectivity index (χ1) is 11.3. The standard InChI is InChI=1S/C18H25N3O2/c1-3-17-20-21-18(23-17)12-19-14-9-5-7-11-16(14)22-15-10-6-4-8-13(15)2/h4,6,8,10,14,16,19H,3,5,7,9,11-12H2,1-2H3/t14-,16-/m0/s1. The first-order valence-electron chi connectivity index (χ1n) is 8.53. The Morgan fingerprint density at radius 2 is 1.96 bits per heavy atom. The van der Waals surface area contributed by atoms with Gasteiger partial charge in [0.15, 0.2) is 0 Å². The van der Waals surface area contributed by atoms with Crippen LogP contribution in [0.4, 0.5) is 0 Å². The van der Waals surface area contributed by atoms with Gasteiger partial charge in [0, 0.05) is 12.5 Å². The Morgan fingerprint density at radius 1 is 1.17 bits per heavy atom. The van der Waals surface area contributed by atoms with Gasteiger partial charge < -0.3 is 14.5 Å². The molecule has 2 aromatic rings. The molecular weight excluding hydrogens is 290 g/mol. The Morgan fingerprint density at radius 3 is 2.74 bits per heavy atom. The molecule has 1 aromatic carbocycles. The molecule has 0 amide bonds. The van der Waals surface area contributed by atoms with E-state index in [0.29, 0.717) is 24.4 Å². The molecule has 0 aliphatic heterocycles. The largest absolute Gasteiger partial charge is 0.489 e. The molecule has 0 radical (unpaired) electrons.